The first kappa shape index (κ1) is 17.9. The first-order valence-electron chi connectivity index (χ1n) is 8.83. The molecule has 0 aliphatic carbocycles. The average molecular weight is 352 g/mol. The summed E-state index contributed by atoms with van der Waals surface area (Å²) in [5.41, 5.74) is 3.73. The summed E-state index contributed by atoms with van der Waals surface area (Å²) in [5, 5.41) is 0.485. The monoisotopic (exact) mass is 352 g/mol. The van der Waals surface area contributed by atoms with Crippen LogP contribution in [0.5, 0.6) is 0 Å². The maximum absolute atomic E-state index is 13.0. The summed E-state index contributed by atoms with van der Waals surface area (Å²) in [6, 6.07) is 8.10. The number of anilines is 2. The largest absolute Gasteiger partial charge is 0.341 e. The molecular weight excluding hydrogens is 328 g/mol. The lowest BCUT2D eigenvalue weighted by atomic mass is 10.1. The fourth-order valence-corrected chi connectivity index (χ4v) is 3.43. The van der Waals surface area contributed by atoms with Crippen molar-refractivity contribution < 1.29 is 0 Å². The highest BCUT2D eigenvalue weighted by Gasteiger charge is 2.22. The van der Waals surface area contributed by atoms with E-state index in [1.807, 2.05) is 19.1 Å². The second-order valence-electron chi connectivity index (χ2n) is 6.42. The maximum atomic E-state index is 13.0. The van der Waals surface area contributed by atoms with Gasteiger partial charge in [-0.15, -0.1) is 0 Å². The van der Waals surface area contributed by atoms with E-state index in [0.29, 0.717) is 17.6 Å². The van der Waals surface area contributed by atoms with Gasteiger partial charge in [0.25, 0.3) is 5.56 Å². The summed E-state index contributed by atoms with van der Waals surface area (Å²) in [6.45, 7) is 6.86. The van der Waals surface area contributed by atoms with Crippen LogP contribution in [0.2, 0.25) is 0 Å². The third-order valence-electron chi connectivity index (χ3n) is 4.89. The molecule has 6 nitrogen and oxygen atoms in total. The van der Waals surface area contributed by atoms with Gasteiger partial charge < -0.3 is 4.90 Å². The quantitative estimate of drug-likeness (QED) is 0.724. The number of hydrogen-bond acceptors (Lipinski definition) is 4. The Morgan fingerprint density at radius 1 is 1.08 bits per heavy atom. The molecule has 26 heavy (non-hydrogen) atoms. The van der Waals surface area contributed by atoms with Crippen LogP contribution in [0.15, 0.2) is 40.1 Å². The number of aromatic nitrogens is 3. The lowest BCUT2D eigenvalue weighted by molar-refractivity contribution is 0.707. The molecule has 136 valence electrons. The maximum Gasteiger partial charge on any atom is 0.332 e. The van der Waals surface area contributed by atoms with E-state index in [9.17, 15) is 9.59 Å². The van der Waals surface area contributed by atoms with E-state index in [-0.39, 0.29) is 11.2 Å². The fraction of sp³-hybridized carbons (Fsp3) is 0.350. The molecular formula is C20H24N4O2. The molecule has 3 rings (SSSR count). The van der Waals surface area contributed by atoms with Gasteiger partial charge in [0.2, 0.25) is 0 Å². The molecule has 0 N–H and O–H groups in total. The summed E-state index contributed by atoms with van der Waals surface area (Å²) in [7, 11) is 3.16. The number of rotatable bonds is 4. The third kappa shape index (κ3) is 2.62. The highest BCUT2D eigenvalue weighted by Crippen LogP contribution is 2.34. The minimum atomic E-state index is -0.371. The van der Waals surface area contributed by atoms with Crippen molar-refractivity contribution in [2.45, 2.75) is 27.2 Å². The molecule has 0 saturated heterocycles. The van der Waals surface area contributed by atoms with E-state index in [2.05, 4.69) is 35.9 Å². The van der Waals surface area contributed by atoms with E-state index in [4.69, 9.17) is 0 Å². The predicted molar refractivity (Wildman–Crippen MR) is 105 cm³/mol. The summed E-state index contributed by atoms with van der Waals surface area (Å²) in [6.07, 6.45) is 2.52. The zero-order chi connectivity index (χ0) is 19.0. The standard InChI is InChI=1S/C20H24N4O2/c1-6-14-12-21-18-16(19(25)23(5)20(26)22(18)4)17(14)24(7-2)15-11-9-8-10-13(15)3/h8-12H,6-7H2,1-5H3. The van der Waals surface area contributed by atoms with Crippen molar-refractivity contribution in [1.29, 1.82) is 0 Å². The van der Waals surface area contributed by atoms with Gasteiger partial charge in [-0.05, 0) is 37.5 Å². The van der Waals surface area contributed by atoms with Gasteiger partial charge in [0, 0.05) is 32.5 Å². The van der Waals surface area contributed by atoms with Crippen molar-refractivity contribution in [2.24, 2.45) is 14.1 Å². The minimum Gasteiger partial charge on any atom is -0.341 e. The molecule has 0 spiro atoms. The summed E-state index contributed by atoms with van der Waals surface area (Å²) in [5.74, 6) is 0. The zero-order valence-corrected chi connectivity index (χ0v) is 15.9. The SMILES string of the molecule is CCc1cnc2c(c1N(CC)c1ccccc1C)c(=O)n(C)c(=O)n2C. The number of pyridine rings is 1. The van der Waals surface area contributed by atoms with Crippen molar-refractivity contribution in [3.63, 3.8) is 0 Å². The van der Waals surface area contributed by atoms with Crippen molar-refractivity contribution >= 4 is 22.4 Å². The number of para-hydroxylation sites is 1. The van der Waals surface area contributed by atoms with Crippen molar-refractivity contribution in [3.05, 3.63) is 62.4 Å². The van der Waals surface area contributed by atoms with Crippen LogP contribution in [0.4, 0.5) is 11.4 Å². The Labute approximate surface area is 152 Å². The van der Waals surface area contributed by atoms with Crippen LogP contribution < -0.4 is 16.1 Å². The molecule has 0 unspecified atom stereocenters. The number of nitrogens with zero attached hydrogens (tertiary/aromatic N) is 4. The second kappa shape index (κ2) is 6.78. The van der Waals surface area contributed by atoms with Gasteiger partial charge in [-0.1, -0.05) is 25.1 Å². The number of fused-ring (bicyclic) bond motifs is 1. The first-order valence-corrected chi connectivity index (χ1v) is 8.83. The molecule has 2 heterocycles. The zero-order valence-electron chi connectivity index (χ0n) is 15.9. The normalized spacial score (nSPS) is 11.1. The fourth-order valence-electron chi connectivity index (χ4n) is 3.43. The van der Waals surface area contributed by atoms with Gasteiger partial charge in [-0.3, -0.25) is 13.9 Å². The Balaban J connectivity index is 2.50. The number of benzene rings is 1. The van der Waals surface area contributed by atoms with E-state index in [1.165, 1.54) is 11.6 Å². The second-order valence-corrected chi connectivity index (χ2v) is 6.42. The van der Waals surface area contributed by atoms with Crippen LogP contribution in [0.3, 0.4) is 0 Å². The van der Waals surface area contributed by atoms with Crippen LogP contribution in [0.1, 0.15) is 25.0 Å². The molecule has 0 amide bonds. The molecule has 0 fully saturated rings. The smallest absolute Gasteiger partial charge is 0.332 e. The molecule has 0 atom stereocenters. The molecule has 0 aliphatic heterocycles. The number of hydrogen-bond donors (Lipinski definition) is 0. The van der Waals surface area contributed by atoms with Gasteiger partial charge in [0.05, 0.1) is 5.69 Å². The molecule has 0 aliphatic rings. The van der Waals surface area contributed by atoms with Crippen molar-refractivity contribution in [2.75, 3.05) is 11.4 Å². The highest BCUT2D eigenvalue weighted by molar-refractivity contribution is 5.93. The van der Waals surface area contributed by atoms with E-state index in [1.54, 1.807) is 13.2 Å². The molecule has 0 bridgehead atoms. The van der Waals surface area contributed by atoms with Gasteiger partial charge in [0.15, 0.2) is 5.65 Å². The van der Waals surface area contributed by atoms with Gasteiger partial charge in [0.1, 0.15) is 5.39 Å². The van der Waals surface area contributed by atoms with Gasteiger partial charge in [-0.25, -0.2) is 9.78 Å². The molecule has 2 aromatic heterocycles. The van der Waals surface area contributed by atoms with Gasteiger partial charge >= 0.3 is 5.69 Å². The lowest BCUT2D eigenvalue weighted by Crippen LogP contribution is -2.38. The lowest BCUT2D eigenvalue weighted by Gasteiger charge is -2.28. The Morgan fingerprint density at radius 3 is 2.38 bits per heavy atom. The van der Waals surface area contributed by atoms with E-state index >= 15 is 0 Å². The van der Waals surface area contributed by atoms with Crippen molar-refractivity contribution in [1.82, 2.24) is 14.1 Å². The molecule has 0 radical (unpaired) electrons. The Bertz CT molecular complexity index is 1100. The van der Waals surface area contributed by atoms with Crippen LogP contribution in [-0.2, 0) is 20.5 Å². The Hall–Kier alpha value is -2.89. The Kier molecular flexibility index (Phi) is 4.68. The van der Waals surface area contributed by atoms with Crippen molar-refractivity contribution in [3.8, 4) is 0 Å². The van der Waals surface area contributed by atoms with Crippen LogP contribution in [-0.4, -0.2) is 20.7 Å². The summed E-state index contributed by atoms with van der Waals surface area (Å²) in [4.78, 5) is 31.9. The third-order valence-corrected chi connectivity index (χ3v) is 4.89. The van der Waals surface area contributed by atoms with Crippen LogP contribution in [0.25, 0.3) is 11.0 Å². The van der Waals surface area contributed by atoms with Gasteiger partial charge in [-0.2, -0.15) is 0 Å². The summed E-state index contributed by atoms with van der Waals surface area (Å²) >= 11 is 0. The highest BCUT2D eigenvalue weighted by atomic mass is 16.2. The van der Waals surface area contributed by atoms with E-state index < -0.39 is 0 Å². The topological polar surface area (TPSA) is 60.1 Å². The summed E-state index contributed by atoms with van der Waals surface area (Å²) < 4.78 is 2.59. The Morgan fingerprint density at radius 2 is 1.77 bits per heavy atom. The average Bonchev–Trinajstić information content (AvgIpc) is 2.66. The van der Waals surface area contributed by atoms with Crippen LogP contribution >= 0.6 is 0 Å². The number of aryl methyl sites for hydroxylation is 3. The first-order chi connectivity index (χ1) is 12.4. The minimum absolute atomic E-state index is 0.312. The molecule has 1 aromatic carbocycles. The molecule has 6 heteroatoms. The van der Waals surface area contributed by atoms with E-state index in [0.717, 1.165) is 33.5 Å². The molecule has 0 saturated carbocycles. The molecule has 3 aromatic rings. The van der Waals surface area contributed by atoms with Crippen LogP contribution in [0, 0.1) is 6.92 Å². The predicted octanol–water partition coefficient (Wildman–Crippen LogP) is 2.66.